The van der Waals surface area contributed by atoms with E-state index in [1.54, 1.807) is 6.33 Å². The molecule has 0 saturated carbocycles. The van der Waals surface area contributed by atoms with E-state index in [2.05, 4.69) is 20.8 Å². The number of rotatable bonds is 6. The van der Waals surface area contributed by atoms with Gasteiger partial charge in [-0.25, -0.2) is 0 Å². The first-order chi connectivity index (χ1) is 10.1. The second-order valence-electron chi connectivity index (χ2n) is 5.21. The third kappa shape index (κ3) is 4.05. The fraction of sp³-hybridized carbons (Fsp3) is 0.400. The van der Waals surface area contributed by atoms with E-state index in [9.17, 15) is 4.79 Å². The average Bonchev–Trinajstić information content (AvgIpc) is 2.84. The molecule has 0 atom stereocenters. The van der Waals surface area contributed by atoms with Crippen molar-refractivity contribution in [2.45, 2.75) is 26.3 Å². The van der Waals surface area contributed by atoms with Crippen molar-refractivity contribution in [3.05, 3.63) is 42.0 Å². The van der Waals surface area contributed by atoms with Gasteiger partial charge in [-0.15, -0.1) is 10.2 Å². The Hall–Kier alpha value is -2.37. The molecule has 0 saturated heterocycles. The molecular weight excluding hydrogens is 266 g/mol. The van der Waals surface area contributed by atoms with E-state index in [0.29, 0.717) is 18.5 Å². The normalized spacial score (nSPS) is 10.7. The molecule has 2 N–H and O–H groups in total. The SMILES string of the molecule is CC(C)Nc1ccccc1C(=O)NCCc1nncn1C. The van der Waals surface area contributed by atoms with Crippen molar-refractivity contribution in [2.75, 3.05) is 11.9 Å². The van der Waals surface area contributed by atoms with Gasteiger partial charge >= 0.3 is 0 Å². The molecule has 0 aliphatic rings. The number of anilines is 1. The second kappa shape index (κ2) is 6.88. The highest BCUT2D eigenvalue weighted by molar-refractivity contribution is 5.99. The highest BCUT2D eigenvalue weighted by atomic mass is 16.1. The Bertz CT molecular complexity index is 606. The number of carbonyl (C=O) groups excluding carboxylic acids is 1. The van der Waals surface area contributed by atoms with Gasteiger partial charge in [-0.1, -0.05) is 12.1 Å². The van der Waals surface area contributed by atoms with E-state index in [4.69, 9.17) is 0 Å². The van der Waals surface area contributed by atoms with Crippen molar-refractivity contribution in [3.63, 3.8) is 0 Å². The predicted octanol–water partition coefficient (Wildman–Crippen LogP) is 1.61. The standard InChI is InChI=1S/C15H21N5O/c1-11(2)18-13-7-5-4-6-12(13)15(21)16-9-8-14-19-17-10-20(14)3/h4-7,10-11,18H,8-9H2,1-3H3,(H,16,21). The minimum absolute atomic E-state index is 0.0825. The molecule has 0 fully saturated rings. The summed E-state index contributed by atoms with van der Waals surface area (Å²) in [6, 6.07) is 7.79. The first kappa shape index (κ1) is 15.0. The van der Waals surface area contributed by atoms with Crippen LogP contribution in [0.5, 0.6) is 0 Å². The second-order valence-corrected chi connectivity index (χ2v) is 5.21. The van der Waals surface area contributed by atoms with Crippen molar-refractivity contribution in [1.29, 1.82) is 0 Å². The molecule has 6 nitrogen and oxygen atoms in total. The summed E-state index contributed by atoms with van der Waals surface area (Å²) in [5.74, 6) is 0.768. The number of hydrogen-bond donors (Lipinski definition) is 2. The average molecular weight is 287 g/mol. The predicted molar refractivity (Wildman–Crippen MR) is 82.2 cm³/mol. The number of aryl methyl sites for hydroxylation is 1. The molecule has 1 amide bonds. The van der Waals surface area contributed by atoms with Crippen molar-refractivity contribution < 1.29 is 4.79 Å². The van der Waals surface area contributed by atoms with Gasteiger partial charge in [-0.3, -0.25) is 4.79 Å². The molecule has 0 bridgehead atoms. The van der Waals surface area contributed by atoms with E-state index in [1.165, 1.54) is 0 Å². The first-order valence-corrected chi connectivity index (χ1v) is 7.04. The lowest BCUT2D eigenvalue weighted by Gasteiger charge is -2.14. The summed E-state index contributed by atoms with van der Waals surface area (Å²) in [5, 5.41) is 14.0. The van der Waals surface area contributed by atoms with Crippen LogP contribution in [0.1, 0.15) is 30.0 Å². The molecule has 6 heteroatoms. The lowest BCUT2D eigenvalue weighted by atomic mass is 10.1. The van der Waals surface area contributed by atoms with Gasteiger partial charge in [0.05, 0.1) is 5.56 Å². The van der Waals surface area contributed by atoms with Crippen molar-refractivity contribution in [2.24, 2.45) is 7.05 Å². The van der Waals surface area contributed by atoms with Gasteiger partial charge in [0.25, 0.3) is 5.91 Å². The van der Waals surface area contributed by atoms with Crippen LogP contribution < -0.4 is 10.6 Å². The maximum absolute atomic E-state index is 12.3. The molecule has 0 radical (unpaired) electrons. The molecule has 1 aromatic carbocycles. The lowest BCUT2D eigenvalue weighted by molar-refractivity contribution is 0.0954. The number of nitrogens with one attached hydrogen (secondary N) is 2. The zero-order valence-electron chi connectivity index (χ0n) is 12.6. The van der Waals surface area contributed by atoms with Crippen LogP contribution in [0.25, 0.3) is 0 Å². The van der Waals surface area contributed by atoms with Crippen LogP contribution in [0.3, 0.4) is 0 Å². The van der Waals surface area contributed by atoms with Gasteiger partial charge in [0.15, 0.2) is 0 Å². The van der Waals surface area contributed by atoms with Gasteiger partial charge < -0.3 is 15.2 Å². The molecule has 2 aromatic rings. The molecule has 0 aliphatic carbocycles. The topological polar surface area (TPSA) is 71.8 Å². The largest absolute Gasteiger partial charge is 0.382 e. The van der Waals surface area contributed by atoms with Crippen LogP contribution in [0.4, 0.5) is 5.69 Å². The maximum atomic E-state index is 12.3. The van der Waals surface area contributed by atoms with Gasteiger partial charge in [-0.05, 0) is 26.0 Å². The zero-order valence-corrected chi connectivity index (χ0v) is 12.6. The first-order valence-electron chi connectivity index (χ1n) is 7.04. The molecule has 2 rings (SSSR count). The number of aromatic nitrogens is 3. The van der Waals surface area contributed by atoms with Crippen LogP contribution in [0.15, 0.2) is 30.6 Å². The smallest absolute Gasteiger partial charge is 0.253 e. The number of amides is 1. The summed E-state index contributed by atoms with van der Waals surface area (Å²) in [6.07, 6.45) is 2.31. The van der Waals surface area contributed by atoms with Crippen LogP contribution in [0, 0.1) is 0 Å². The van der Waals surface area contributed by atoms with Crippen molar-refractivity contribution >= 4 is 11.6 Å². The van der Waals surface area contributed by atoms with Gasteiger partial charge in [0.1, 0.15) is 12.2 Å². The Morgan fingerprint density at radius 1 is 1.33 bits per heavy atom. The molecule has 0 unspecified atom stereocenters. The third-order valence-corrected chi connectivity index (χ3v) is 3.06. The number of benzene rings is 1. The van der Waals surface area contributed by atoms with E-state index in [0.717, 1.165) is 11.5 Å². The van der Waals surface area contributed by atoms with Crippen LogP contribution in [-0.2, 0) is 13.5 Å². The van der Waals surface area contributed by atoms with Gasteiger partial charge in [0.2, 0.25) is 0 Å². The number of para-hydroxylation sites is 1. The minimum atomic E-state index is -0.0825. The lowest BCUT2D eigenvalue weighted by Crippen LogP contribution is -2.27. The molecule has 112 valence electrons. The zero-order chi connectivity index (χ0) is 15.2. The van der Waals surface area contributed by atoms with E-state index < -0.39 is 0 Å². The quantitative estimate of drug-likeness (QED) is 0.846. The Balaban J connectivity index is 1.96. The third-order valence-electron chi connectivity index (χ3n) is 3.06. The maximum Gasteiger partial charge on any atom is 0.253 e. The molecule has 0 aliphatic heterocycles. The van der Waals surface area contributed by atoms with Crippen LogP contribution in [-0.4, -0.2) is 33.3 Å². The van der Waals surface area contributed by atoms with Gasteiger partial charge in [0, 0.05) is 31.7 Å². The molecule has 1 heterocycles. The van der Waals surface area contributed by atoms with Gasteiger partial charge in [-0.2, -0.15) is 0 Å². The highest BCUT2D eigenvalue weighted by Crippen LogP contribution is 2.15. The highest BCUT2D eigenvalue weighted by Gasteiger charge is 2.11. The molecule has 1 aromatic heterocycles. The molecular formula is C15H21N5O. The van der Waals surface area contributed by atoms with Crippen LogP contribution in [0.2, 0.25) is 0 Å². The number of hydrogen-bond acceptors (Lipinski definition) is 4. The summed E-state index contributed by atoms with van der Waals surface area (Å²) in [6.45, 7) is 4.62. The molecule has 0 spiro atoms. The summed E-state index contributed by atoms with van der Waals surface area (Å²) < 4.78 is 1.85. The van der Waals surface area contributed by atoms with E-state index >= 15 is 0 Å². The van der Waals surface area contributed by atoms with Crippen molar-refractivity contribution in [1.82, 2.24) is 20.1 Å². The minimum Gasteiger partial charge on any atom is -0.382 e. The summed E-state index contributed by atoms with van der Waals surface area (Å²) in [5.41, 5.74) is 1.51. The Kier molecular flexibility index (Phi) is 4.92. The van der Waals surface area contributed by atoms with Crippen molar-refractivity contribution in [3.8, 4) is 0 Å². The fourth-order valence-corrected chi connectivity index (χ4v) is 2.03. The summed E-state index contributed by atoms with van der Waals surface area (Å²) >= 11 is 0. The summed E-state index contributed by atoms with van der Waals surface area (Å²) in [7, 11) is 1.89. The Morgan fingerprint density at radius 2 is 2.10 bits per heavy atom. The summed E-state index contributed by atoms with van der Waals surface area (Å²) in [4.78, 5) is 12.3. The fourth-order valence-electron chi connectivity index (χ4n) is 2.03. The Labute approximate surface area is 124 Å². The Morgan fingerprint density at radius 3 is 2.76 bits per heavy atom. The number of nitrogens with zero attached hydrogens (tertiary/aromatic N) is 3. The van der Waals surface area contributed by atoms with Crippen LogP contribution >= 0.6 is 0 Å². The monoisotopic (exact) mass is 287 g/mol. The molecule has 21 heavy (non-hydrogen) atoms. The number of carbonyl (C=O) groups is 1. The van der Waals surface area contributed by atoms with E-state index in [1.807, 2.05) is 49.7 Å². The van der Waals surface area contributed by atoms with E-state index in [-0.39, 0.29) is 11.9 Å².